The molecule has 5 N–H and O–H groups in total. The van der Waals surface area contributed by atoms with Crippen molar-refractivity contribution in [3.63, 3.8) is 0 Å². The van der Waals surface area contributed by atoms with Gasteiger partial charge in [0.2, 0.25) is 21.8 Å². The maximum absolute atomic E-state index is 14.2. The molecule has 1 saturated heterocycles. The van der Waals surface area contributed by atoms with E-state index in [2.05, 4.69) is 15.8 Å². The molecule has 4 aliphatic heterocycles. The van der Waals surface area contributed by atoms with Crippen molar-refractivity contribution in [2.75, 3.05) is 37.6 Å². The number of nitrogens with one attached hydrogen (secondary N) is 2. The molecular formula is C47H50N8O11S. The van der Waals surface area contributed by atoms with Crippen molar-refractivity contribution in [3.8, 4) is 28.6 Å². The Balaban J connectivity index is 0.939. The number of esters is 1. The number of phenols is 3. The summed E-state index contributed by atoms with van der Waals surface area (Å²) >= 11 is 0. The topological polar surface area (TPSA) is 246 Å². The van der Waals surface area contributed by atoms with Gasteiger partial charge in [0.25, 0.3) is 11.5 Å². The third kappa shape index (κ3) is 7.34. The number of hydrogen-bond acceptors (Lipinski definition) is 15. The number of rotatable bonds is 10. The maximum atomic E-state index is 14.2. The molecule has 350 valence electrons. The first kappa shape index (κ1) is 45.0. The Bertz CT molecular complexity index is 3090. The summed E-state index contributed by atoms with van der Waals surface area (Å²) in [4.78, 5) is 62.9. The lowest BCUT2D eigenvalue weighted by Gasteiger charge is -2.39. The highest BCUT2D eigenvalue weighted by Crippen LogP contribution is 2.43. The van der Waals surface area contributed by atoms with Gasteiger partial charge in [-0.15, -0.1) is 0 Å². The molecule has 2 atom stereocenters. The second-order valence-corrected chi connectivity index (χ2v) is 19.0. The normalized spacial score (nSPS) is 19.1. The molecule has 1 fully saturated rings. The molecule has 0 spiro atoms. The number of benzene rings is 3. The summed E-state index contributed by atoms with van der Waals surface area (Å²) in [5.41, 5.74) is 5.38. The van der Waals surface area contributed by atoms with E-state index in [9.17, 15) is 42.9 Å². The minimum absolute atomic E-state index is 0.0550. The number of cyclic esters (lactones) is 1. The number of phenolic OH excluding ortho intramolecular Hbond substituents is 3. The van der Waals surface area contributed by atoms with E-state index in [1.165, 1.54) is 44.4 Å². The number of carbonyl (C=O) groups is 3. The van der Waals surface area contributed by atoms with E-state index in [0.717, 1.165) is 16.5 Å². The van der Waals surface area contributed by atoms with Gasteiger partial charge in [-0.3, -0.25) is 19.9 Å². The highest BCUT2D eigenvalue weighted by atomic mass is 32.2. The van der Waals surface area contributed by atoms with Gasteiger partial charge in [-0.1, -0.05) is 27.7 Å². The molecule has 20 heteroatoms. The van der Waals surface area contributed by atoms with E-state index in [1.54, 1.807) is 48.7 Å². The number of amidine groups is 1. The Kier molecular flexibility index (Phi) is 11.4. The van der Waals surface area contributed by atoms with Crippen LogP contribution in [0.25, 0.3) is 22.3 Å². The molecule has 67 heavy (non-hydrogen) atoms. The zero-order valence-corrected chi connectivity index (χ0v) is 38.3. The quantitative estimate of drug-likeness (QED) is 0.121. The Morgan fingerprint density at radius 1 is 0.955 bits per heavy atom. The lowest BCUT2D eigenvalue weighted by Crippen LogP contribution is -2.54. The van der Waals surface area contributed by atoms with Crippen LogP contribution in [-0.2, 0) is 54.3 Å². The zero-order valence-electron chi connectivity index (χ0n) is 37.5. The van der Waals surface area contributed by atoms with Gasteiger partial charge in [0, 0.05) is 61.0 Å². The summed E-state index contributed by atoms with van der Waals surface area (Å²) < 4.78 is 42.6. The van der Waals surface area contributed by atoms with E-state index < -0.39 is 45.3 Å². The summed E-state index contributed by atoms with van der Waals surface area (Å²) in [5.74, 6) is -1.47. The van der Waals surface area contributed by atoms with Gasteiger partial charge >= 0.3 is 12.1 Å². The maximum Gasteiger partial charge on any atom is 0.411 e. The monoisotopic (exact) mass is 934 g/mol. The van der Waals surface area contributed by atoms with Gasteiger partial charge in [-0.2, -0.15) is 9.41 Å². The summed E-state index contributed by atoms with van der Waals surface area (Å²) in [6.07, 6.45) is -1.39. The number of ether oxygens (including phenoxy) is 2. The average molecular weight is 935 g/mol. The van der Waals surface area contributed by atoms with Crippen LogP contribution in [0.3, 0.4) is 0 Å². The summed E-state index contributed by atoms with van der Waals surface area (Å²) in [6.45, 7) is 9.03. The van der Waals surface area contributed by atoms with Crippen LogP contribution >= 0.6 is 0 Å². The number of amides is 2. The number of hydrazone groups is 1. The number of aromatic hydroxyl groups is 3. The Morgan fingerprint density at radius 3 is 2.36 bits per heavy atom. The minimum Gasteiger partial charge on any atom is -0.508 e. The molecule has 19 nitrogen and oxygen atoms in total. The van der Waals surface area contributed by atoms with Gasteiger partial charge in [0.15, 0.2) is 5.84 Å². The van der Waals surface area contributed by atoms with Gasteiger partial charge in [-0.05, 0) is 91.4 Å². The number of anilines is 1. The fourth-order valence-corrected chi connectivity index (χ4v) is 10.9. The van der Waals surface area contributed by atoms with Crippen LogP contribution in [-0.4, -0.2) is 105 Å². The van der Waals surface area contributed by atoms with Gasteiger partial charge in [0.05, 0.1) is 39.5 Å². The van der Waals surface area contributed by atoms with E-state index in [4.69, 9.17) is 14.5 Å². The molecule has 0 saturated carbocycles. The first-order chi connectivity index (χ1) is 32.0. The second-order valence-electron chi connectivity index (χ2n) is 17.1. The predicted octanol–water partition coefficient (Wildman–Crippen LogP) is 4.27. The molecule has 0 bridgehead atoms. The van der Waals surface area contributed by atoms with Crippen molar-refractivity contribution in [3.05, 3.63) is 104 Å². The number of nitrogens with zero attached hydrogens (tertiary/aromatic N) is 6. The molecule has 9 rings (SSSR count). The molecule has 0 radical (unpaired) electrons. The van der Waals surface area contributed by atoms with Crippen LogP contribution in [0, 0.1) is 0 Å². The first-order valence-corrected chi connectivity index (χ1v) is 23.6. The molecule has 0 aliphatic carbocycles. The van der Waals surface area contributed by atoms with E-state index in [0.29, 0.717) is 41.1 Å². The Morgan fingerprint density at radius 2 is 1.69 bits per heavy atom. The van der Waals surface area contributed by atoms with Crippen molar-refractivity contribution >= 4 is 50.4 Å². The number of likely N-dealkylation sites (N-methyl/N-ethyl adjacent to an activating group) is 1. The van der Waals surface area contributed by atoms with Crippen LogP contribution in [0.2, 0.25) is 0 Å². The number of piperazine rings is 1. The fraction of sp³-hybridized carbons (Fsp3) is 0.362. The van der Waals surface area contributed by atoms with Crippen LogP contribution < -0.4 is 21.2 Å². The van der Waals surface area contributed by atoms with Crippen LogP contribution in [0.15, 0.2) is 75.5 Å². The lowest BCUT2D eigenvalue weighted by molar-refractivity contribution is -0.173. The van der Waals surface area contributed by atoms with Gasteiger partial charge in [-0.25, -0.2) is 23.0 Å². The van der Waals surface area contributed by atoms with Gasteiger partial charge in [0.1, 0.15) is 23.9 Å². The Hall–Kier alpha value is -7.19. The van der Waals surface area contributed by atoms with E-state index in [-0.39, 0.29) is 96.3 Å². The SMILES string of the molecule is CCNC(=O)C1NN=C(c2cc(C(C)C)c(O)cc2O)N1c1ccc(S(=O)(=O)N2CCN(C(=O)OC3(CC)C(=O)OCc4c3cc3n(c4=O)Cc4c-3nc3ccc(O)cc3c4CC)CC2)cc1. The molecular weight excluding hydrogens is 885 g/mol. The number of pyridine rings is 2. The summed E-state index contributed by atoms with van der Waals surface area (Å²) in [7, 11) is -4.12. The molecule has 3 aromatic carbocycles. The van der Waals surface area contributed by atoms with Crippen molar-refractivity contribution in [2.45, 2.75) is 83.2 Å². The Labute approximate surface area is 385 Å². The van der Waals surface area contributed by atoms with E-state index >= 15 is 0 Å². The van der Waals surface area contributed by atoms with Gasteiger partial charge < -0.3 is 39.6 Å². The van der Waals surface area contributed by atoms with Crippen LogP contribution in [0.4, 0.5) is 10.5 Å². The standard InChI is InChI=1S/C47H50N8O11S/c1-6-29-31-19-27(56)11-14-36(31)49-40-33(29)23-54-37(40)21-35-34(44(54)60)24-65-45(61)47(35,7-2)66-46(62)52-15-17-53(18-16-52)67(63,64)28-12-9-26(10-13-28)55-41(50-51-42(55)43(59)48-8-3)32-20-30(25(4)5)38(57)22-39(32)58/h9-14,19-22,25,42,51,56-58H,6-8,15-18,23-24H2,1-5H3,(H,48,59). The van der Waals surface area contributed by atoms with Crippen molar-refractivity contribution in [1.29, 1.82) is 0 Å². The number of carbonyl (C=O) groups excluding carboxylic acids is 3. The number of fused-ring (bicyclic) bond motifs is 5. The summed E-state index contributed by atoms with van der Waals surface area (Å²) in [5, 5.41) is 39.6. The minimum atomic E-state index is -4.12. The van der Waals surface area contributed by atoms with Crippen molar-refractivity contribution in [1.82, 2.24) is 29.5 Å². The number of aryl methyl sites for hydroxylation is 1. The zero-order chi connectivity index (χ0) is 47.7. The van der Waals surface area contributed by atoms with Crippen LogP contribution in [0.5, 0.6) is 17.2 Å². The number of aromatic nitrogens is 2. The molecule has 2 unspecified atom stereocenters. The lowest BCUT2D eigenvalue weighted by atomic mass is 9.85. The molecule has 2 amide bonds. The number of sulfonamides is 1. The smallest absolute Gasteiger partial charge is 0.411 e. The highest BCUT2D eigenvalue weighted by molar-refractivity contribution is 7.89. The fourth-order valence-electron chi connectivity index (χ4n) is 9.46. The third-order valence-corrected chi connectivity index (χ3v) is 14.9. The molecule has 5 aromatic rings. The third-order valence-electron chi connectivity index (χ3n) is 13.0. The molecule has 6 heterocycles. The summed E-state index contributed by atoms with van der Waals surface area (Å²) in [6, 6.07) is 15.2. The van der Waals surface area contributed by atoms with E-state index in [1.807, 2.05) is 20.8 Å². The molecule has 2 aromatic heterocycles. The average Bonchev–Trinajstić information content (AvgIpc) is 3.92. The van der Waals surface area contributed by atoms with Crippen molar-refractivity contribution in [2.24, 2.45) is 5.10 Å². The second kappa shape index (κ2) is 16.9. The van der Waals surface area contributed by atoms with Crippen molar-refractivity contribution < 1.29 is 47.6 Å². The van der Waals surface area contributed by atoms with Crippen LogP contribution in [0.1, 0.15) is 80.3 Å². The molecule has 4 aliphatic rings. The largest absolute Gasteiger partial charge is 0.508 e. The first-order valence-electron chi connectivity index (χ1n) is 22.2. The number of hydrogen-bond donors (Lipinski definition) is 5. The highest BCUT2D eigenvalue weighted by Gasteiger charge is 2.51. The predicted molar refractivity (Wildman–Crippen MR) is 245 cm³/mol.